The largest absolute Gasteiger partial charge is 0.497 e. The summed E-state index contributed by atoms with van der Waals surface area (Å²) in [5.74, 6) is 1.65. The first-order chi connectivity index (χ1) is 11.7. The first-order valence-electron chi connectivity index (χ1n) is 9.10. The fourth-order valence-electron chi connectivity index (χ4n) is 3.74. The van der Waals surface area contributed by atoms with E-state index in [1.807, 2.05) is 6.07 Å². The van der Waals surface area contributed by atoms with Gasteiger partial charge in [0.1, 0.15) is 5.75 Å². The van der Waals surface area contributed by atoms with Crippen molar-refractivity contribution in [1.29, 1.82) is 0 Å². The Morgan fingerprint density at radius 1 is 1.25 bits per heavy atom. The van der Waals surface area contributed by atoms with Gasteiger partial charge >= 0.3 is 0 Å². The molecule has 0 N–H and O–H groups in total. The van der Waals surface area contributed by atoms with E-state index in [0.717, 1.165) is 38.5 Å². The van der Waals surface area contributed by atoms with E-state index >= 15 is 0 Å². The lowest BCUT2D eigenvalue weighted by Crippen LogP contribution is -2.47. The Morgan fingerprint density at radius 2 is 2.04 bits per heavy atom. The highest BCUT2D eigenvalue weighted by atomic mass is 16.5. The number of methoxy groups -OCH3 is 1. The highest BCUT2D eigenvalue weighted by molar-refractivity contribution is 5.51. The van der Waals surface area contributed by atoms with E-state index in [4.69, 9.17) is 4.74 Å². The molecule has 0 spiro atoms. The fourth-order valence-corrected chi connectivity index (χ4v) is 3.74. The summed E-state index contributed by atoms with van der Waals surface area (Å²) in [5.41, 5.74) is 4.25. The van der Waals surface area contributed by atoms with Crippen molar-refractivity contribution in [2.75, 3.05) is 44.7 Å². The third kappa shape index (κ3) is 4.21. The summed E-state index contributed by atoms with van der Waals surface area (Å²) >= 11 is 0. The van der Waals surface area contributed by atoms with Crippen LogP contribution in [0.1, 0.15) is 26.2 Å². The summed E-state index contributed by atoms with van der Waals surface area (Å²) < 4.78 is 5.34. The molecule has 1 saturated heterocycles. The van der Waals surface area contributed by atoms with E-state index in [1.54, 1.807) is 12.7 Å². The second kappa shape index (κ2) is 7.89. The van der Waals surface area contributed by atoms with Crippen LogP contribution in [0.3, 0.4) is 0 Å². The molecule has 0 unspecified atom stereocenters. The summed E-state index contributed by atoms with van der Waals surface area (Å²) in [5, 5.41) is 0. The zero-order valence-electron chi connectivity index (χ0n) is 15.1. The summed E-state index contributed by atoms with van der Waals surface area (Å²) in [6.07, 6.45) is 6.18. The monoisotopic (exact) mass is 326 g/mol. The van der Waals surface area contributed by atoms with Crippen LogP contribution in [0.5, 0.6) is 5.75 Å². The number of benzene rings is 1. The number of ether oxygens (including phenoxy) is 1. The van der Waals surface area contributed by atoms with Gasteiger partial charge in [-0.1, -0.05) is 29.9 Å². The molecule has 1 heterocycles. The molecule has 3 nitrogen and oxygen atoms in total. The van der Waals surface area contributed by atoms with Gasteiger partial charge in [0.25, 0.3) is 0 Å². The van der Waals surface area contributed by atoms with Crippen LogP contribution >= 0.6 is 0 Å². The standard InChI is InChI=1S/C21H30N2O/c1-17(2)19-9-7-18(8-10-19)16-22-11-13-23(14-12-22)20-5-4-6-21(15-20)24-3/h4-7,15,19H,1,8-14,16H2,2-3H3/t19-/m1/s1. The molecule has 24 heavy (non-hydrogen) atoms. The molecular formula is C21H30N2O. The van der Waals surface area contributed by atoms with Crippen molar-refractivity contribution in [3.8, 4) is 5.75 Å². The second-order valence-corrected chi connectivity index (χ2v) is 7.14. The molecule has 0 bridgehead atoms. The van der Waals surface area contributed by atoms with Gasteiger partial charge in [0.15, 0.2) is 0 Å². The minimum absolute atomic E-state index is 0.707. The van der Waals surface area contributed by atoms with E-state index < -0.39 is 0 Å². The number of nitrogens with zero attached hydrogens (tertiary/aromatic N) is 2. The van der Waals surface area contributed by atoms with Crippen molar-refractivity contribution in [1.82, 2.24) is 4.90 Å². The van der Waals surface area contributed by atoms with Gasteiger partial charge in [-0.15, -0.1) is 0 Å². The molecule has 0 aromatic heterocycles. The minimum Gasteiger partial charge on any atom is -0.497 e. The molecule has 1 aliphatic carbocycles. The third-order valence-corrected chi connectivity index (χ3v) is 5.42. The Morgan fingerprint density at radius 3 is 2.67 bits per heavy atom. The molecule has 1 aromatic carbocycles. The van der Waals surface area contributed by atoms with Gasteiger partial charge in [-0.3, -0.25) is 4.90 Å². The molecule has 1 fully saturated rings. The average molecular weight is 326 g/mol. The van der Waals surface area contributed by atoms with E-state index in [1.165, 1.54) is 30.5 Å². The van der Waals surface area contributed by atoms with Crippen molar-refractivity contribution in [2.45, 2.75) is 26.2 Å². The highest BCUT2D eigenvalue weighted by Crippen LogP contribution is 2.29. The first-order valence-corrected chi connectivity index (χ1v) is 9.10. The Hall–Kier alpha value is -1.74. The van der Waals surface area contributed by atoms with E-state index in [0.29, 0.717) is 5.92 Å². The van der Waals surface area contributed by atoms with Gasteiger partial charge in [0, 0.05) is 44.5 Å². The molecule has 2 aliphatic rings. The molecule has 3 heteroatoms. The molecule has 1 atom stereocenters. The Bertz CT molecular complexity index is 600. The number of hydrogen-bond acceptors (Lipinski definition) is 3. The van der Waals surface area contributed by atoms with Crippen LogP contribution in [0.25, 0.3) is 0 Å². The summed E-state index contributed by atoms with van der Waals surface area (Å²) in [4.78, 5) is 5.06. The number of hydrogen-bond donors (Lipinski definition) is 0. The molecular weight excluding hydrogens is 296 g/mol. The van der Waals surface area contributed by atoms with Crippen LogP contribution in [0.4, 0.5) is 5.69 Å². The predicted molar refractivity (Wildman–Crippen MR) is 102 cm³/mol. The maximum atomic E-state index is 5.34. The first kappa shape index (κ1) is 17.1. The molecule has 0 amide bonds. The topological polar surface area (TPSA) is 15.7 Å². The number of anilines is 1. The Labute approximate surface area is 146 Å². The predicted octanol–water partition coefficient (Wildman–Crippen LogP) is 4.12. The van der Waals surface area contributed by atoms with Crippen LogP contribution < -0.4 is 9.64 Å². The third-order valence-electron chi connectivity index (χ3n) is 5.42. The van der Waals surface area contributed by atoms with Crippen molar-refractivity contribution >= 4 is 5.69 Å². The van der Waals surface area contributed by atoms with E-state index in [2.05, 4.69) is 47.6 Å². The van der Waals surface area contributed by atoms with Crippen LogP contribution in [-0.2, 0) is 0 Å². The average Bonchev–Trinajstić information content (AvgIpc) is 2.63. The molecule has 1 aromatic rings. The lowest BCUT2D eigenvalue weighted by Gasteiger charge is -2.37. The normalized spacial score (nSPS) is 22.2. The SMILES string of the molecule is C=C(C)[C@@H]1CC=C(CN2CCN(c3cccc(OC)c3)CC2)CC1. The number of piperazine rings is 1. The quantitative estimate of drug-likeness (QED) is 0.757. The van der Waals surface area contributed by atoms with E-state index in [-0.39, 0.29) is 0 Å². The second-order valence-electron chi connectivity index (χ2n) is 7.14. The smallest absolute Gasteiger partial charge is 0.120 e. The maximum absolute atomic E-state index is 5.34. The number of allylic oxidation sites excluding steroid dienone is 2. The van der Waals surface area contributed by atoms with Crippen molar-refractivity contribution < 1.29 is 4.74 Å². The van der Waals surface area contributed by atoms with Gasteiger partial charge < -0.3 is 9.64 Å². The van der Waals surface area contributed by atoms with Crippen LogP contribution in [0.2, 0.25) is 0 Å². The molecule has 0 saturated carbocycles. The minimum atomic E-state index is 0.707. The van der Waals surface area contributed by atoms with Gasteiger partial charge in [-0.2, -0.15) is 0 Å². The summed E-state index contributed by atoms with van der Waals surface area (Å²) in [6.45, 7) is 11.9. The Balaban J connectivity index is 1.49. The van der Waals surface area contributed by atoms with Crippen molar-refractivity contribution in [3.05, 3.63) is 48.1 Å². The number of rotatable bonds is 5. The van der Waals surface area contributed by atoms with Gasteiger partial charge in [0.2, 0.25) is 0 Å². The molecule has 130 valence electrons. The summed E-state index contributed by atoms with van der Waals surface area (Å²) in [7, 11) is 1.73. The van der Waals surface area contributed by atoms with Gasteiger partial charge in [-0.05, 0) is 44.2 Å². The maximum Gasteiger partial charge on any atom is 0.120 e. The lowest BCUT2D eigenvalue weighted by atomic mass is 9.85. The fraction of sp³-hybridized carbons (Fsp3) is 0.524. The van der Waals surface area contributed by atoms with Crippen molar-refractivity contribution in [2.24, 2.45) is 5.92 Å². The van der Waals surface area contributed by atoms with Gasteiger partial charge in [0.05, 0.1) is 7.11 Å². The molecule has 3 rings (SSSR count). The Kier molecular flexibility index (Phi) is 5.62. The van der Waals surface area contributed by atoms with Crippen LogP contribution in [0.15, 0.2) is 48.1 Å². The summed E-state index contributed by atoms with van der Waals surface area (Å²) in [6, 6.07) is 8.40. The zero-order valence-corrected chi connectivity index (χ0v) is 15.1. The van der Waals surface area contributed by atoms with Crippen molar-refractivity contribution in [3.63, 3.8) is 0 Å². The van der Waals surface area contributed by atoms with Crippen LogP contribution in [0, 0.1) is 5.92 Å². The van der Waals surface area contributed by atoms with Gasteiger partial charge in [-0.25, -0.2) is 0 Å². The molecule has 0 radical (unpaired) electrons. The lowest BCUT2D eigenvalue weighted by molar-refractivity contribution is 0.273. The zero-order chi connectivity index (χ0) is 16.9. The highest BCUT2D eigenvalue weighted by Gasteiger charge is 2.20. The molecule has 1 aliphatic heterocycles. The van der Waals surface area contributed by atoms with E-state index in [9.17, 15) is 0 Å². The van der Waals surface area contributed by atoms with Crippen LogP contribution in [-0.4, -0.2) is 44.7 Å².